The average Bonchev–Trinajstić information content (AvgIpc) is 3.86. The topological polar surface area (TPSA) is 9.86 Å². The van der Waals surface area contributed by atoms with Gasteiger partial charge in [-0.2, -0.15) is 0 Å². The Bertz CT molecular complexity index is 3700. The van der Waals surface area contributed by atoms with E-state index < -0.39 is 16.1 Å². The first-order valence-electron chi connectivity index (χ1n) is 27.9. The molecular formula is C72H80N2Si2. The molecule has 0 saturated heterocycles. The van der Waals surface area contributed by atoms with Gasteiger partial charge in [0.25, 0.3) is 0 Å². The van der Waals surface area contributed by atoms with E-state index in [9.17, 15) is 0 Å². The van der Waals surface area contributed by atoms with Gasteiger partial charge in [-0.05, 0) is 161 Å². The Labute approximate surface area is 455 Å². The molecule has 11 aromatic rings. The summed E-state index contributed by atoms with van der Waals surface area (Å²) in [5.74, 6) is 0. The van der Waals surface area contributed by atoms with Crippen molar-refractivity contribution < 1.29 is 0 Å². The fraction of sp³-hybridized carbons (Fsp3) is 0.306. The Morgan fingerprint density at radius 2 is 0.526 bits per heavy atom. The molecule has 0 amide bonds. The molecule has 0 unspecified atom stereocenters. The molecule has 0 spiro atoms. The smallest absolute Gasteiger partial charge is 0.0775 e. The summed E-state index contributed by atoms with van der Waals surface area (Å²) in [6.07, 6.45) is 0. The average molecular weight is 1030 g/mol. The predicted molar refractivity (Wildman–Crippen MR) is 342 cm³/mol. The van der Waals surface area contributed by atoms with E-state index in [1.807, 2.05) is 0 Å². The van der Waals surface area contributed by atoms with Crippen LogP contribution < -0.4 is 10.4 Å². The van der Waals surface area contributed by atoms with Gasteiger partial charge in [-0.1, -0.05) is 218 Å². The van der Waals surface area contributed by atoms with Gasteiger partial charge in [-0.25, -0.2) is 0 Å². The van der Waals surface area contributed by atoms with Crippen molar-refractivity contribution in [2.24, 2.45) is 0 Å². The minimum atomic E-state index is -1.58. The van der Waals surface area contributed by atoms with Crippen molar-refractivity contribution in [3.05, 3.63) is 180 Å². The van der Waals surface area contributed by atoms with Crippen molar-refractivity contribution in [3.8, 4) is 33.6 Å². The Kier molecular flexibility index (Phi) is 11.9. The molecule has 0 radical (unpaired) electrons. The summed E-state index contributed by atoms with van der Waals surface area (Å²) in [6, 6.07) is 62.9. The fourth-order valence-corrected chi connectivity index (χ4v) is 14.2. The lowest BCUT2D eigenvalue weighted by Gasteiger charge is -2.22. The van der Waals surface area contributed by atoms with Crippen LogP contribution in [0.25, 0.3) is 98.8 Å². The zero-order chi connectivity index (χ0) is 54.4. The van der Waals surface area contributed by atoms with E-state index >= 15 is 0 Å². The van der Waals surface area contributed by atoms with Crippen LogP contribution in [0.3, 0.4) is 0 Å². The largest absolute Gasteiger partial charge is 0.309 e. The second-order valence-corrected chi connectivity index (χ2v) is 38.6. The molecule has 76 heavy (non-hydrogen) atoms. The van der Waals surface area contributed by atoms with E-state index in [-0.39, 0.29) is 21.7 Å². The molecule has 0 aliphatic heterocycles. The molecule has 2 aromatic heterocycles. The molecule has 0 fully saturated rings. The third-order valence-electron chi connectivity index (χ3n) is 16.7. The second kappa shape index (κ2) is 17.5. The highest BCUT2D eigenvalue weighted by Crippen LogP contribution is 2.47. The first-order chi connectivity index (χ1) is 35.5. The molecule has 2 heterocycles. The van der Waals surface area contributed by atoms with Crippen molar-refractivity contribution in [3.63, 3.8) is 0 Å². The van der Waals surface area contributed by atoms with Crippen LogP contribution in [0.5, 0.6) is 0 Å². The first kappa shape index (κ1) is 51.6. The molecule has 0 N–H and O–H groups in total. The summed E-state index contributed by atoms with van der Waals surface area (Å²) < 4.78 is 5.07. The molecule has 9 aromatic carbocycles. The number of hydrogen-bond donors (Lipinski definition) is 0. The lowest BCUT2D eigenvalue weighted by atomic mass is 9.85. The van der Waals surface area contributed by atoms with E-state index in [1.165, 1.54) is 131 Å². The third kappa shape index (κ3) is 8.88. The van der Waals surface area contributed by atoms with Crippen molar-refractivity contribution in [1.82, 2.24) is 9.13 Å². The van der Waals surface area contributed by atoms with Crippen LogP contribution in [0.15, 0.2) is 158 Å². The van der Waals surface area contributed by atoms with E-state index in [1.54, 1.807) is 0 Å². The summed E-state index contributed by atoms with van der Waals surface area (Å²) in [5, 5.41) is 13.2. The van der Waals surface area contributed by atoms with E-state index in [0.29, 0.717) is 0 Å². The second-order valence-electron chi connectivity index (χ2n) is 28.5. The number of fused-ring (bicyclic) bond motifs is 8. The molecular weight excluding hydrogens is 949 g/mol. The van der Waals surface area contributed by atoms with Crippen LogP contribution in [0.4, 0.5) is 0 Å². The van der Waals surface area contributed by atoms with Gasteiger partial charge in [0.05, 0.1) is 38.2 Å². The number of rotatable bonds is 6. The van der Waals surface area contributed by atoms with Gasteiger partial charge in [0.15, 0.2) is 0 Å². The van der Waals surface area contributed by atoms with Crippen LogP contribution in [-0.2, 0) is 21.7 Å². The molecule has 2 nitrogen and oxygen atoms in total. The summed E-state index contributed by atoms with van der Waals surface area (Å²) in [7, 11) is -3.16. The maximum atomic E-state index is 2.54. The van der Waals surface area contributed by atoms with Gasteiger partial charge < -0.3 is 9.13 Å². The highest BCUT2D eigenvalue weighted by molar-refractivity contribution is 6.89. The van der Waals surface area contributed by atoms with E-state index in [4.69, 9.17) is 0 Å². The quantitative estimate of drug-likeness (QED) is 0.116. The fourth-order valence-electron chi connectivity index (χ4n) is 11.8. The monoisotopic (exact) mass is 1030 g/mol. The van der Waals surface area contributed by atoms with Gasteiger partial charge >= 0.3 is 0 Å². The normalized spacial score (nSPS) is 13.4. The Balaban J connectivity index is 1.26. The minimum absolute atomic E-state index is 0.0187. The minimum Gasteiger partial charge on any atom is -0.309 e. The maximum absolute atomic E-state index is 2.54. The Morgan fingerprint density at radius 1 is 0.263 bits per heavy atom. The van der Waals surface area contributed by atoms with Gasteiger partial charge in [-0.3, -0.25) is 0 Å². The number of nitrogens with zero attached hydrogens (tertiary/aromatic N) is 2. The van der Waals surface area contributed by atoms with E-state index in [2.05, 4.69) is 289 Å². The summed E-state index contributed by atoms with van der Waals surface area (Å²) in [4.78, 5) is 0. The summed E-state index contributed by atoms with van der Waals surface area (Å²) in [6.45, 7) is 42.6. The SMILES string of the molecule is CC(C)(C)c1ccc2c(c1)c1cc(C(C)(C)C)ccc1n2-c1ccc2c(-c3ccc([Si](C)(C)C)cc3)c3cc(-n4c5ccc(C(C)(C)C)cc5c5cc(C(C)(C)C)ccc54)ccc3c(-c3ccc([Si](C)(C)C)cc3)c2c1. The summed E-state index contributed by atoms with van der Waals surface area (Å²) >= 11 is 0. The van der Waals surface area contributed by atoms with Gasteiger partial charge in [0.2, 0.25) is 0 Å². The molecule has 0 aliphatic carbocycles. The van der Waals surface area contributed by atoms with Crippen molar-refractivity contribution in [2.45, 2.75) is 144 Å². The molecule has 0 bridgehead atoms. The van der Waals surface area contributed by atoms with Crippen molar-refractivity contribution >= 4 is 91.7 Å². The van der Waals surface area contributed by atoms with Crippen LogP contribution >= 0.6 is 0 Å². The van der Waals surface area contributed by atoms with Crippen LogP contribution in [0.1, 0.15) is 105 Å². The zero-order valence-electron chi connectivity index (χ0n) is 48.9. The summed E-state index contributed by atoms with van der Waals surface area (Å²) in [5.41, 5.74) is 17.8. The van der Waals surface area contributed by atoms with Crippen LogP contribution in [-0.4, -0.2) is 25.3 Å². The first-order valence-corrected chi connectivity index (χ1v) is 34.9. The maximum Gasteiger partial charge on any atom is 0.0775 e. The number of benzene rings is 9. The number of hydrogen-bond acceptors (Lipinski definition) is 0. The van der Waals surface area contributed by atoms with Gasteiger partial charge in [0.1, 0.15) is 0 Å². The number of aromatic nitrogens is 2. The third-order valence-corrected chi connectivity index (χ3v) is 20.8. The zero-order valence-corrected chi connectivity index (χ0v) is 50.9. The predicted octanol–water partition coefficient (Wildman–Crippen LogP) is 19.8. The standard InChI is InChI=1S/C72H80N2Si2/c1-69(2,3)47-23-35-63-57(39-47)58-40-48(70(4,5)6)24-36-64(58)73(63)51-27-33-55-61(43-51)67(45-19-29-53(30-20-45)75(13,14)15)56-34-28-52(44-62(56)68(55)46-21-31-54(32-22-46)76(16,17)18)74-65-37-25-49(71(7,8)9)41-59(65)60-42-50(72(10,11)12)26-38-66(60)74/h19-44H,1-18H3. The Morgan fingerprint density at radius 3 is 0.763 bits per heavy atom. The Hall–Kier alpha value is -6.47. The molecule has 386 valence electrons. The molecule has 0 atom stereocenters. The highest BCUT2D eigenvalue weighted by atomic mass is 28.3. The van der Waals surface area contributed by atoms with Crippen LogP contribution in [0, 0.1) is 0 Å². The van der Waals surface area contributed by atoms with Gasteiger partial charge in [-0.15, -0.1) is 0 Å². The molecule has 0 saturated carbocycles. The molecule has 4 heteroatoms. The van der Waals surface area contributed by atoms with Crippen LogP contribution in [0.2, 0.25) is 39.3 Å². The van der Waals surface area contributed by atoms with Gasteiger partial charge in [0, 0.05) is 32.9 Å². The van der Waals surface area contributed by atoms with Crippen molar-refractivity contribution in [2.75, 3.05) is 0 Å². The highest BCUT2D eigenvalue weighted by Gasteiger charge is 2.27. The van der Waals surface area contributed by atoms with E-state index in [0.717, 1.165) is 0 Å². The van der Waals surface area contributed by atoms with Crippen molar-refractivity contribution in [1.29, 1.82) is 0 Å². The lowest BCUT2D eigenvalue weighted by Crippen LogP contribution is -2.37. The molecule has 0 aliphatic rings. The lowest BCUT2D eigenvalue weighted by molar-refractivity contribution is 0.590. The molecule has 11 rings (SSSR count).